The first-order valence-corrected chi connectivity index (χ1v) is 4.05. The summed E-state index contributed by atoms with van der Waals surface area (Å²) in [6, 6.07) is 0. The van der Waals surface area contributed by atoms with Crippen LogP contribution in [0.3, 0.4) is 0 Å². The molecule has 1 rings (SSSR count). The predicted molar refractivity (Wildman–Crippen MR) is 46.6 cm³/mol. The van der Waals surface area contributed by atoms with Gasteiger partial charge in [-0.3, -0.25) is 9.59 Å². The van der Waals surface area contributed by atoms with E-state index >= 15 is 0 Å². The molecule has 12 heavy (non-hydrogen) atoms. The number of hydrogen-bond acceptors (Lipinski definition) is 2. The Morgan fingerprint density at radius 2 is 2.08 bits per heavy atom. The summed E-state index contributed by atoms with van der Waals surface area (Å²) < 4.78 is 0. The fourth-order valence-corrected chi connectivity index (χ4v) is 1.12. The maximum Gasteiger partial charge on any atom is 0.169 e. The maximum atomic E-state index is 11.4. The van der Waals surface area contributed by atoms with Crippen LogP contribution >= 0.6 is 0 Å². The molecule has 0 bridgehead atoms. The first-order valence-electron chi connectivity index (χ1n) is 4.05. The first kappa shape index (κ1) is 8.91. The monoisotopic (exact) mass is 164 g/mol. The van der Waals surface area contributed by atoms with Crippen LogP contribution in [0.2, 0.25) is 0 Å². The minimum atomic E-state index is -0.532. The molecule has 1 aliphatic carbocycles. The second kappa shape index (κ2) is 3.48. The van der Waals surface area contributed by atoms with Crippen molar-refractivity contribution in [2.45, 2.75) is 13.8 Å². The molecule has 0 amide bonds. The lowest BCUT2D eigenvalue weighted by Gasteiger charge is -2.12. The number of hydrogen-bond donors (Lipinski definition) is 0. The van der Waals surface area contributed by atoms with Crippen molar-refractivity contribution in [1.82, 2.24) is 0 Å². The third kappa shape index (κ3) is 1.70. The summed E-state index contributed by atoms with van der Waals surface area (Å²) in [7, 11) is 0. The lowest BCUT2D eigenvalue weighted by Crippen LogP contribution is -2.25. The van der Waals surface area contributed by atoms with Gasteiger partial charge < -0.3 is 0 Å². The highest BCUT2D eigenvalue weighted by molar-refractivity contribution is 6.10. The van der Waals surface area contributed by atoms with E-state index in [1.807, 2.05) is 13.8 Å². The van der Waals surface area contributed by atoms with Crippen LogP contribution in [-0.4, -0.2) is 11.6 Å². The molecule has 64 valence electrons. The van der Waals surface area contributed by atoms with Gasteiger partial charge in [0.15, 0.2) is 5.78 Å². The van der Waals surface area contributed by atoms with Gasteiger partial charge in [-0.2, -0.15) is 0 Å². The van der Waals surface area contributed by atoms with Crippen LogP contribution in [0.4, 0.5) is 0 Å². The van der Waals surface area contributed by atoms with Gasteiger partial charge >= 0.3 is 0 Å². The summed E-state index contributed by atoms with van der Waals surface area (Å²) in [4.78, 5) is 22.6. The summed E-state index contributed by atoms with van der Waals surface area (Å²) in [6.45, 7) is 3.61. The molecule has 0 aromatic carbocycles. The predicted octanol–water partition coefficient (Wildman–Crippen LogP) is 1.52. The SMILES string of the molecule is CC(C)C(=O)C1C=CC=CC1=O. The van der Waals surface area contributed by atoms with E-state index in [4.69, 9.17) is 0 Å². The zero-order chi connectivity index (χ0) is 9.14. The molecule has 0 fully saturated rings. The Bertz CT molecular complexity index is 259. The summed E-state index contributed by atoms with van der Waals surface area (Å²) in [5.74, 6) is -0.707. The third-order valence-corrected chi connectivity index (χ3v) is 1.86. The molecule has 2 nitrogen and oxygen atoms in total. The van der Waals surface area contributed by atoms with Crippen LogP contribution in [0.15, 0.2) is 24.3 Å². The third-order valence-electron chi connectivity index (χ3n) is 1.86. The van der Waals surface area contributed by atoms with Gasteiger partial charge in [-0.05, 0) is 6.08 Å². The number of carbonyl (C=O) groups excluding carboxylic acids is 2. The molecule has 0 aliphatic heterocycles. The van der Waals surface area contributed by atoms with Crippen molar-refractivity contribution in [3.63, 3.8) is 0 Å². The normalized spacial score (nSPS) is 21.9. The maximum absolute atomic E-state index is 11.4. The molecule has 0 N–H and O–H groups in total. The second-order valence-electron chi connectivity index (χ2n) is 3.18. The average Bonchev–Trinajstić information content (AvgIpc) is 2.04. The molecule has 0 radical (unpaired) electrons. The number of allylic oxidation sites excluding steroid dienone is 4. The molecule has 0 aromatic rings. The molecule has 0 saturated heterocycles. The van der Waals surface area contributed by atoms with Crippen molar-refractivity contribution in [2.24, 2.45) is 11.8 Å². The molecular weight excluding hydrogens is 152 g/mol. The van der Waals surface area contributed by atoms with E-state index in [-0.39, 0.29) is 17.5 Å². The largest absolute Gasteiger partial charge is 0.298 e. The molecule has 1 atom stereocenters. The summed E-state index contributed by atoms with van der Waals surface area (Å²) >= 11 is 0. The van der Waals surface area contributed by atoms with Gasteiger partial charge in [0, 0.05) is 5.92 Å². The summed E-state index contributed by atoms with van der Waals surface area (Å²) in [5, 5.41) is 0. The molecule has 0 aromatic heterocycles. The Labute approximate surface area is 72.0 Å². The fourth-order valence-electron chi connectivity index (χ4n) is 1.12. The number of rotatable bonds is 2. The standard InChI is InChI=1S/C10H12O2/c1-7(2)10(12)8-5-3-4-6-9(8)11/h3-8H,1-2H3. The van der Waals surface area contributed by atoms with Crippen LogP contribution < -0.4 is 0 Å². The molecule has 1 aliphatic rings. The van der Waals surface area contributed by atoms with Crippen LogP contribution in [0.1, 0.15) is 13.8 Å². The number of Topliss-reactive ketones (excluding diaryl/α,β-unsaturated/α-hetero) is 1. The second-order valence-corrected chi connectivity index (χ2v) is 3.18. The van der Waals surface area contributed by atoms with Crippen molar-refractivity contribution in [2.75, 3.05) is 0 Å². The highest BCUT2D eigenvalue weighted by atomic mass is 16.1. The Hall–Kier alpha value is -1.18. The van der Waals surface area contributed by atoms with E-state index in [2.05, 4.69) is 0 Å². The topological polar surface area (TPSA) is 34.1 Å². The van der Waals surface area contributed by atoms with Crippen molar-refractivity contribution in [3.8, 4) is 0 Å². The van der Waals surface area contributed by atoms with E-state index in [1.165, 1.54) is 6.08 Å². The van der Waals surface area contributed by atoms with E-state index in [1.54, 1.807) is 18.2 Å². The number of ketones is 2. The van der Waals surface area contributed by atoms with Crippen molar-refractivity contribution in [3.05, 3.63) is 24.3 Å². The Morgan fingerprint density at radius 1 is 1.42 bits per heavy atom. The molecule has 1 unspecified atom stereocenters. The Morgan fingerprint density at radius 3 is 2.58 bits per heavy atom. The Balaban J connectivity index is 2.76. The van der Waals surface area contributed by atoms with E-state index in [9.17, 15) is 9.59 Å². The van der Waals surface area contributed by atoms with Gasteiger partial charge in [0.2, 0.25) is 0 Å². The van der Waals surface area contributed by atoms with E-state index in [0.29, 0.717) is 0 Å². The van der Waals surface area contributed by atoms with Gasteiger partial charge in [0.25, 0.3) is 0 Å². The Kier molecular flexibility index (Phi) is 2.58. The highest BCUT2D eigenvalue weighted by Gasteiger charge is 2.24. The minimum absolute atomic E-state index is 0.000556. The van der Waals surface area contributed by atoms with Crippen LogP contribution in [0.25, 0.3) is 0 Å². The van der Waals surface area contributed by atoms with Crippen molar-refractivity contribution < 1.29 is 9.59 Å². The van der Waals surface area contributed by atoms with E-state index in [0.717, 1.165) is 0 Å². The summed E-state index contributed by atoms with van der Waals surface area (Å²) in [5.41, 5.74) is 0. The molecule has 0 saturated carbocycles. The quantitative estimate of drug-likeness (QED) is 0.580. The van der Waals surface area contributed by atoms with Gasteiger partial charge in [-0.25, -0.2) is 0 Å². The molecule has 0 heterocycles. The van der Waals surface area contributed by atoms with Crippen LogP contribution in [0.5, 0.6) is 0 Å². The fraction of sp³-hybridized carbons (Fsp3) is 0.400. The number of carbonyl (C=O) groups is 2. The molecule has 2 heteroatoms. The zero-order valence-electron chi connectivity index (χ0n) is 7.28. The molecule has 0 spiro atoms. The van der Waals surface area contributed by atoms with Gasteiger partial charge in [0.1, 0.15) is 5.78 Å². The minimum Gasteiger partial charge on any atom is -0.298 e. The smallest absolute Gasteiger partial charge is 0.169 e. The average molecular weight is 164 g/mol. The summed E-state index contributed by atoms with van der Waals surface area (Å²) in [6.07, 6.45) is 6.51. The van der Waals surface area contributed by atoms with Gasteiger partial charge in [0.05, 0.1) is 5.92 Å². The zero-order valence-corrected chi connectivity index (χ0v) is 7.28. The lowest BCUT2D eigenvalue weighted by molar-refractivity contribution is -0.130. The molecular formula is C10H12O2. The van der Waals surface area contributed by atoms with Crippen LogP contribution in [-0.2, 0) is 9.59 Å². The first-order chi connectivity index (χ1) is 5.63. The van der Waals surface area contributed by atoms with Crippen molar-refractivity contribution in [1.29, 1.82) is 0 Å². The van der Waals surface area contributed by atoms with Gasteiger partial charge in [-0.15, -0.1) is 0 Å². The lowest BCUT2D eigenvalue weighted by atomic mass is 9.89. The highest BCUT2D eigenvalue weighted by Crippen LogP contribution is 2.13. The van der Waals surface area contributed by atoms with E-state index < -0.39 is 5.92 Å². The van der Waals surface area contributed by atoms with Crippen LogP contribution in [0, 0.1) is 11.8 Å². The van der Waals surface area contributed by atoms with Crippen molar-refractivity contribution >= 4 is 11.6 Å². The van der Waals surface area contributed by atoms with Gasteiger partial charge in [-0.1, -0.05) is 32.1 Å².